The Morgan fingerprint density at radius 2 is 2.09 bits per heavy atom. The Morgan fingerprint density at radius 1 is 1.55 bits per heavy atom. The van der Waals surface area contributed by atoms with Crippen LogP contribution in [0.3, 0.4) is 0 Å². The van der Waals surface area contributed by atoms with E-state index in [0.717, 1.165) is 0 Å². The molecule has 1 aliphatic heterocycles. The number of alkyl halides is 2. The lowest BCUT2D eigenvalue weighted by molar-refractivity contribution is -0.154. The molecule has 2 atom stereocenters. The van der Waals surface area contributed by atoms with Crippen LogP contribution in [0.1, 0.15) is 20.3 Å². The zero-order valence-electron chi connectivity index (χ0n) is 6.43. The highest BCUT2D eigenvalue weighted by Gasteiger charge is 2.42. The van der Waals surface area contributed by atoms with Gasteiger partial charge in [0.2, 0.25) is 0 Å². The minimum Gasteiger partial charge on any atom is -0.444 e. The molecule has 0 saturated carbocycles. The lowest BCUT2D eigenvalue weighted by Gasteiger charge is -2.36. The van der Waals surface area contributed by atoms with Crippen LogP contribution in [0.2, 0.25) is 0 Å². The number of rotatable bonds is 0. The van der Waals surface area contributed by atoms with E-state index in [-0.39, 0.29) is 16.8 Å². The maximum atomic E-state index is 10.9. The van der Waals surface area contributed by atoms with Gasteiger partial charge in [0, 0.05) is 0 Å². The Morgan fingerprint density at radius 3 is 2.55 bits per heavy atom. The van der Waals surface area contributed by atoms with E-state index in [0.29, 0.717) is 6.42 Å². The van der Waals surface area contributed by atoms with Crippen molar-refractivity contribution in [3.8, 4) is 0 Å². The Bertz CT molecular complexity index is 179. The molecule has 0 amide bonds. The number of ether oxygens (including phenoxy) is 1. The Balaban J connectivity index is 2.75. The number of hydrogen-bond donors (Lipinski definition) is 0. The molecule has 4 heteroatoms. The van der Waals surface area contributed by atoms with Crippen molar-refractivity contribution in [1.82, 2.24) is 0 Å². The molecule has 64 valence electrons. The molecule has 0 aromatic rings. The first-order valence-electron chi connectivity index (χ1n) is 3.41. The third-order valence-corrected chi connectivity index (χ3v) is 3.11. The van der Waals surface area contributed by atoms with Crippen molar-refractivity contribution in [3.05, 3.63) is 0 Å². The van der Waals surface area contributed by atoms with Gasteiger partial charge in [-0.1, -0.05) is 25.4 Å². The second-order valence-electron chi connectivity index (χ2n) is 3.41. The van der Waals surface area contributed by atoms with E-state index in [9.17, 15) is 4.79 Å². The van der Waals surface area contributed by atoms with Crippen LogP contribution in [0.15, 0.2) is 0 Å². The van der Waals surface area contributed by atoms with Gasteiger partial charge in [-0.15, -0.1) is 11.6 Å². The summed E-state index contributed by atoms with van der Waals surface area (Å²) in [7, 11) is 0. The highest BCUT2D eigenvalue weighted by Crippen LogP contribution is 2.38. The molecule has 0 N–H and O–H groups in total. The fourth-order valence-corrected chi connectivity index (χ4v) is 1.62. The molecule has 0 unspecified atom stereocenters. The summed E-state index contributed by atoms with van der Waals surface area (Å²) in [6, 6.07) is 0. The average Bonchev–Trinajstić information content (AvgIpc) is 1.81. The number of carbonyl (C=O) groups is 1. The predicted molar refractivity (Wildman–Crippen MR) is 43.8 cm³/mol. The molecule has 0 bridgehead atoms. The van der Waals surface area contributed by atoms with Crippen LogP contribution in [-0.2, 0) is 9.53 Å². The van der Waals surface area contributed by atoms with Gasteiger partial charge in [-0.2, -0.15) is 0 Å². The van der Waals surface area contributed by atoms with Gasteiger partial charge in [0.15, 0.2) is 5.56 Å². The van der Waals surface area contributed by atoms with Crippen molar-refractivity contribution in [2.45, 2.75) is 31.2 Å². The molecule has 11 heavy (non-hydrogen) atoms. The van der Waals surface area contributed by atoms with Gasteiger partial charge in [0.1, 0.15) is 0 Å². The van der Waals surface area contributed by atoms with E-state index < -0.39 is 5.56 Å². The van der Waals surface area contributed by atoms with Crippen molar-refractivity contribution in [1.29, 1.82) is 0 Å². The maximum absolute atomic E-state index is 10.9. The largest absolute Gasteiger partial charge is 0.444 e. The van der Waals surface area contributed by atoms with Gasteiger partial charge >= 0.3 is 5.97 Å². The van der Waals surface area contributed by atoms with Crippen LogP contribution >= 0.6 is 23.2 Å². The SMILES string of the molecule is CC1(C)CC(=O)O[C@H](Cl)[C@@H]1Cl. The van der Waals surface area contributed by atoms with Gasteiger partial charge in [-0.3, -0.25) is 4.79 Å². The summed E-state index contributed by atoms with van der Waals surface area (Å²) in [6.07, 6.45) is 0.338. The van der Waals surface area contributed by atoms with Gasteiger partial charge in [0.05, 0.1) is 11.8 Å². The Labute approximate surface area is 75.8 Å². The molecule has 1 aliphatic rings. The zero-order chi connectivity index (χ0) is 8.65. The minimum atomic E-state index is -0.687. The minimum absolute atomic E-state index is 0.261. The molecule has 1 fully saturated rings. The number of cyclic esters (lactones) is 1. The summed E-state index contributed by atoms with van der Waals surface area (Å²) in [5.41, 5.74) is -0.948. The summed E-state index contributed by atoms with van der Waals surface area (Å²) >= 11 is 11.6. The topological polar surface area (TPSA) is 26.3 Å². The highest BCUT2D eigenvalue weighted by molar-refractivity contribution is 6.30. The molecule has 1 rings (SSSR count). The summed E-state index contributed by atoms with van der Waals surface area (Å²) in [5.74, 6) is -0.271. The zero-order valence-corrected chi connectivity index (χ0v) is 7.95. The quantitative estimate of drug-likeness (QED) is 0.439. The van der Waals surface area contributed by atoms with Crippen molar-refractivity contribution in [2.24, 2.45) is 5.41 Å². The van der Waals surface area contributed by atoms with Crippen molar-refractivity contribution >= 4 is 29.2 Å². The van der Waals surface area contributed by atoms with Crippen molar-refractivity contribution in [3.63, 3.8) is 0 Å². The maximum Gasteiger partial charge on any atom is 0.307 e. The van der Waals surface area contributed by atoms with Crippen LogP contribution < -0.4 is 0 Å². The molecular formula is C7H10Cl2O2. The van der Waals surface area contributed by atoms with Crippen LogP contribution in [0.4, 0.5) is 0 Å². The third kappa shape index (κ3) is 1.79. The van der Waals surface area contributed by atoms with Crippen molar-refractivity contribution in [2.75, 3.05) is 0 Å². The molecule has 2 nitrogen and oxygen atoms in total. The summed E-state index contributed by atoms with van der Waals surface area (Å²) in [4.78, 5) is 10.9. The number of halogens is 2. The fraction of sp³-hybridized carbons (Fsp3) is 0.857. The van der Waals surface area contributed by atoms with Crippen LogP contribution in [0, 0.1) is 5.41 Å². The Kier molecular flexibility index (Phi) is 2.35. The summed E-state index contributed by atoms with van der Waals surface area (Å²) < 4.78 is 4.73. The summed E-state index contributed by atoms with van der Waals surface area (Å²) in [5, 5.41) is -0.304. The average molecular weight is 197 g/mol. The summed E-state index contributed by atoms with van der Waals surface area (Å²) in [6.45, 7) is 3.81. The second-order valence-corrected chi connectivity index (χ2v) is 4.31. The molecule has 0 radical (unpaired) electrons. The van der Waals surface area contributed by atoms with Crippen LogP contribution in [-0.4, -0.2) is 16.9 Å². The molecular weight excluding hydrogens is 187 g/mol. The van der Waals surface area contributed by atoms with E-state index in [1.165, 1.54) is 0 Å². The van der Waals surface area contributed by atoms with E-state index in [2.05, 4.69) is 0 Å². The fourth-order valence-electron chi connectivity index (χ4n) is 1.05. The predicted octanol–water partition coefficient (Wildman–Crippen LogP) is 2.13. The van der Waals surface area contributed by atoms with Gasteiger partial charge in [-0.25, -0.2) is 0 Å². The molecule has 0 aromatic carbocycles. The van der Waals surface area contributed by atoms with Gasteiger partial charge in [0.25, 0.3) is 0 Å². The first-order valence-corrected chi connectivity index (χ1v) is 4.28. The molecule has 1 saturated heterocycles. The third-order valence-electron chi connectivity index (χ3n) is 1.82. The lowest BCUT2D eigenvalue weighted by atomic mass is 9.84. The highest BCUT2D eigenvalue weighted by atomic mass is 35.5. The monoisotopic (exact) mass is 196 g/mol. The first kappa shape index (κ1) is 9.14. The van der Waals surface area contributed by atoms with E-state index in [1.807, 2.05) is 13.8 Å². The van der Waals surface area contributed by atoms with Crippen LogP contribution in [0.5, 0.6) is 0 Å². The molecule has 0 aliphatic carbocycles. The van der Waals surface area contributed by atoms with Gasteiger partial charge in [-0.05, 0) is 5.41 Å². The second kappa shape index (κ2) is 2.83. The van der Waals surface area contributed by atoms with Gasteiger partial charge < -0.3 is 4.74 Å². The van der Waals surface area contributed by atoms with E-state index in [1.54, 1.807) is 0 Å². The molecule has 0 aromatic heterocycles. The first-order chi connectivity index (χ1) is 4.93. The van der Waals surface area contributed by atoms with Crippen molar-refractivity contribution < 1.29 is 9.53 Å². The standard InChI is InChI=1S/C7H10Cl2O2/c1-7(2)3-4(10)11-6(9)5(7)8/h5-6H,3H2,1-2H3/t5-,6-/m0/s1. The smallest absolute Gasteiger partial charge is 0.307 e. The number of carbonyl (C=O) groups excluding carboxylic acids is 1. The lowest BCUT2D eigenvalue weighted by Crippen LogP contribution is -2.42. The Hall–Kier alpha value is 0.0500. The molecule has 1 heterocycles. The van der Waals surface area contributed by atoms with E-state index >= 15 is 0 Å². The van der Waals surface area contributed by atoms with E-state index in [4.69, 9.17) is 27.9 Å². The number of hydrogen-bond acceptors (Lipinski definition) is 2. The molecule has 0 spiro atoms. The van der Waals surface area contributed by atoms with Crippen LogP contribution in [0.25, 0.3) is 0 Å². The number of esters is 1. The normalized spacial score (nSPS) is 36.5.